The van der Waals surface area contributed by atoms with Crippen molar-refractivity contribution >= 4 is 11.9 Å². The van der Waals surface area contributed by atoms with E-state index in [0.717, 1.165) is 32.1 Å². The highest BCUT2D eigenvalue weighted by Crippen LogP contribution is 2.06. The van der Waals surface area contributed by atoms with Gasteiger partial charge in [0.25, 0.3) is 0 Å². The van der Waals surface area contributed by atoms with Crippen molar-refractivity contribution in [1.29, 1.82) is 0 Å². The summed E-state index contributed by atoms with van der Waals surface area (Å²) < 4.78 is 9.44. The number of ether oxygens (including phenoxy) is 2. The predicted octanol–water partition coefficient (Wildman–Crippen LogP) is 2.62. The summed E-state index contributed by atoms with van der Waals surface area (Å²) >= 11 is 0. The number of esters is 2. The summed E-state index contributed by atoms with van der Waals surface area (Å²) in [6.07, 6.45) is 6.98. The van der Waals surface area contributed by atoms with Crippen molar-refractivity contribution < 1.29 is 19.1 Å². The first-order valence-electron chi connectivity index (χ1n) is 6.15. The molecule has 0 aliphatic carbocycles. The molecule has 0 unspecified atom stereocenters. The van der Waals surface area contributed by atoms with Crippen molar-refractivity contribution in [1.82, 2.24) is 0 Å². The van der Waals surface area contributed by atoms with Gasteiger partial charge in [0.2, 0.25) is 0 Å². The van der Waals surface area contributed by atoms with Gasteiger partial charge in [-0.3, -0.25) is 4.79 Å². The Balaban J connectivity index is 0.000000302. The Labute approximate surface area is 103 Å². The van der Waals surface area contributed by atoms with Crippen LogP contribution in [-0.2, 0) is 19.1 Å². The second kappa shape index (κ2) is 11.2. The molecule has 98 valence electrons. The standard InChI is InChI=1S/C7H12O2.C6H10O2/c1-3-5-6-9-7(8)4-2;7-6-4-2-1-3-5-8-6/h4H,2-3,5-6H2,1H3;1-5H2. The molecule has 1 aliphatic heterocycles. The molecule has 1 rings (SSSR count). The van der Waals surface area contributed by atoms with Crippen molar-refractivity contribution in [3.05, 3.63) is 12.7 Å². The van der Waals surface area contributed by atoms with Gasteiger partial charge in [0.05, 0.1) is 13.2 Å². The molecule has 4 nitrogen and oxygen atoms in total. The minimum atomic E-state index is -0.330. The van der Waals surface area contributed by atoms with Crippen LogP contribution in [0.3, 0.4) is 0 Å². The van der Waals surface area contributed by atoms with E-state index in [1.165, 1.54) is 6.08 Å². The first-order chi connectivity index (χ1) is 8.20. The summed E-state index contributed by atoms with van der Waals surface area (Å²) in [6, 6.07) is 0. The molecule has 0 radical (unpaired) electrons. The van der Waals surface area contributed by atoms with Gasteiger partial charge in [-0.2, -0.15) is 0 Å². The van der Waals surface area contributed by atoms with Gasteiger partial charge in [-0.25, -0.2) is 4.79 Å². The van der Waals surface area contributed by atoms with Crippen LogP contribution < -0.4 is 0 Å². The Hall–Kier alpha value is -1.32. The SMILES string of the molecule is C=CC(=O)OCCCC.O=C1CCCCCO1. The summed E-state index contributed by atoms with van der Waals surface area (Å²) in [6.45, 7) is 6.46. The van der Waals surface area contributed by atoms with Crippen LogP contribution in [0.15, 0.2) is 12.7 Å². The Bertz CT molecular complexity index is 226. The predicted molar refractivity (Wildman–Crippen MR) is 65.5 cm³/mol. The first kappa shape index (κ1) is 15.7. The topological polar surface area (TPSA) is 52.6 Å². The third kappa shape index (κ3) is 11.0. The second-order valence-corrected chi connectivity index (χ2v) is 3.76. The largest absolute Gasteiger partial charge is 0.466 e. The van der Waals surface area contributed by atoms with Gasteiger partial charge in [0, 0.05) is 12.5 Å². The van der Waals surface area contributed by atoms with Crippen molar-refractivity contribution in [2.45, 2.75) is 45.4 Å². The maximum atomic E-state index is 10.5. The fourth-order valence-electron chi connectivity index (χ4n) is 1.18. The van der Waals surface area contributed by atoms with Gasteiger partial charge in [-0.1, -0.05) is 19.9 Å². The third-order valence-corrected chi connectivity index (χ3v) is 2.20. The summed E-state index contributed by atoms with van der Waals surface area (Å²) in [5.41, 5.74) is 0. The van der Waals surface area contributed by atoms with E-state index >= 15 is 0 Å². The molecule has 1 aliphatic rings. The zero-order chi connectivity index (χ0) is 12.9. The highest BCUT2D eigenvalue weighted by Gasteiger charge is 2.05. The summed E-state index contributed by atoms with van der Waals surface area (Å²) in [5, 5.41) is 0. The number of hydrogen-bond donors (Lipinski definition) is 0. The number of carbonyl (C=O) groups excluding carboxylic acids is 2. The van der Waals surface area contributed by atoms with E-state index in [4.69, 9.17) is 4.74 Å². The minimum Gasteiger partial charge on any atom is -0.466 e. The second-order valence-electron chi connectivity index (χ2n) is 3.76. The first-order valence-corrected chi connectivity index (χ1v) is 6.15. The van der Waals surface area contributed by atoms with Gasteiger partial charge in [-0.05, 0) is 25.7 Å². The van der Waals surface area contributed by atoms with Gasteiger partial charge >= 0.3 is 11.9 Å². The molecule has 0 aromatic heterocycles. The molecule has 0 amide bonds. The van der Waals surface area contributed by atoms with E-state index in [0.29, 0.717) is 19.6 Å². The summed E-state index contributed by atoms with van der Waals surface area (Å²) in [7, 11) is 0. The average Bonchev–Trinajstić information content (AvgIpc) is 2.58. The lowest BCUT2D eigenvalue weighted by atomic mass is 10.2. The number of rotatable bonds is 4. The monoisotopic (exact) mass is 242 g/mol. The van der Waals surface area contributed by atoms with E-state index < -0.39 is 0 Å². The van der Waals surface area contributed by atoms with E-state index in [2.05, 4.69) is 11.3 Å². The van der Waals surface area contributed by atoms with Crippen LogP contribution in [-0.4, -0.2) is 25.2 Å². The Morgan fingerprint density at radius 3 is 2.88 bits per heavy atom. The zero-order valence-corrected chi connectivity index (χ0v) is 10.6. The average molecular weight is 242 g/mol. The maximum absolute atomic E-state index is 10.5. The van der Waals surface area contributed by atoms with Gasteiger partial charge in [-0.15, -0.1) is 0 Å². The molecule has 1 fully saturated rings. The lowest BCUT2D eigenvalue weighted by Crippen LogP contribution is -2.00. The lowest BCUT2D eigenvalue weighted by molar-refractivity contribution is -0.142. The molecule has 0 aromatic rings. The molecule has 1 heterocycles. The molecular formula is C13H22O4. The zero-order valence-electron chi connectivity index (χ0n) is 10.6. The van der Waals surface area contributed by atoms with E-state index in [9.17, 15) is 9.59 Å². The molecule has 17 heavy (non-hydrogen) atoms. The van der Waals surface area contributed by atoms with Crippen LogP contribution in [0.2, 0.25) is 0 Å². The Kier molecular flexibility index (Phi) is 10.3. The highest BCUT2D eigenvalue weighted by molar-refractivity contribution is 5.81. The van der Waals surface area contributed by atoms with Gasteiger partial charge in [0.1, 0.15) is 0 Å². The van der Waals surface area contributed by atoms with Crippen LogP contribution in [0.1, 0.15) is 45.4 Å². The Morgan fingerprint density at radius 2 is 2.24 bits per heavy atom. The highest BCUT2D eigenvalue weighted by atomic mass is 16.5. The number of hydrogen-bond acceptors (Lipinski definition) is 4. The van der Waals surface area contributed by atoms with E-state index in [1.54, 1.807) is 0 Å². The number of carbonyl (C=O) groups is 2. The van der Waals surface area contributed by atoms with Crippen LogP contribution in [0.25, 0.3) is 0 Å². The molecular weight excluding hydrogens is 220 g/mol. The molecule has 0 spiro atoms. The van der Waals surface area contributed by atoms with Crippen molar-refractivity contribution in [2.75, 3.05) is 13.2 Å². The van der Waals surface area contributed by atoms with Gasteiger partial charge < -0.3 is 9.47 Å². The molecule has 0 saturated carbocycles. The third-order valence-electron chi connectivity index (χ3n) is 2.20. The summed E-state index contributed by atoms with van der Waals surface area (Å²) in [4.78, 5) is 20.8. The normalized spacial score (nSPS) is 14.8. The molecule has 0 bridgehead atoms. The van der Waals surface area contributed by atoms with Crippen LogP contribution in [0, 0.1) is 0 Å². The fraction of sp³-hybridized carbons (Fsp3) is 0.692. The van der Waals surface area contributed by atoms with Crippen LogP contribution in [0.5, 0.6) is 0 Å². The fourth-order valence-corrected chi connectivity index (χ4v) is 1.18. The van der Waals surface area contributed by atoms with Crippen LogP contribution >= 0.6 is 0 Å². The maximum Gasteiger partial charge on any atom is 0.330 e. The van der Waals surface area contributed by atoms with Crippen molar-refractivity contribution in [2.24, 2.45) is 0 Å². The summed E-state index contributed by atoms with van der Waals surface area (Å²) in [5.74, 6) is -0.356. The minimum absolute atomic E-state index is 0.0255. The lowest BCUT2D eigenvalue weighted by Gasteiger charge is -1.97. The number of cyclic esters (lactones) is 1. The Morgan fingerprint density at radius 1 is 1.47 bits per heavy atom. The van der Waals surface area contributed by atoms with Gasteiger partial charge in [0.15, 0.2) is 0 Å². The number of unbranched alkanes of at least 4 members (excludes halogenated alkanes) is 1. The molecule has 0 atom stereocenters. The van der Waals surface area contributed by atoms with E-state index in [1.807, 2.05) is 6.92 Å². The van der Waals surface area contributed by atoms with E-state index in [-0.39, 0.29) is 11.9 Å². The smallest absolute Gasteiger partial charge is 0.330 e. The quantitative estimate of drug-likeness (QED) is 0.432. The molecule has 0 aromatic carbocycles. The van der Waals surface area contributed by atoms with Crippen molar-refractivity contribution in [3.63, 3.8) is 0 Å². The molecule has 0 N–H and O–H groups in total. The van der Waals surface area contributed by atoms with Crippen LogP contribution in [0.4, 0.5) is 0 Å². The molecule has 1 saturated heterocycles. The van der Waals surface area contributed by atoms with Crippen molar-refractivity contribution in [3.8, 4) is 0 Å². The molecule has 4 heteroatoms.